The van der Waals surface area contributed by atoms with Gasteiger partial charge in [0.05, 0.1) is 28.3 Å². The second-order valence-corrected chi connectivity index (χ2v) is 9.38. The number of nitrogens with one attached hydrogen (secondary N) is 1. The third kappa shape index (κ3) is 5.99. The van der Waals surface area contributed by atoms with Crippen molar-refractivity contribution in [1.29, 1.82) is 0 Å². The van der Waals surface area contributed by atoms with E-state index in [-0.39, 0.29) is 23.5 Å². The summed E-state index contributed by atoms with van der Waals surface area (Å²) < 4.78 is 80.7. The summed E-state index contributed by atoms with van der Waals surface area (Å²) in [4.78, 5) is 13.0. The molecule has 0 bridgehead atoms. The molecular weight excluding hydrogens is 559 g/mol. The van der Waals surface area contributed by atoms with E-state index < -0.39 is 40.3 Å². The molecular formula is C25H17Cl2F6N3O2. The zero-order valence-corrected chi connectivity index (χ0v) is 20.8. The van der Waals surface area contributed by atoms with E-state index in [0.29, 0.717) is 10.6 Å². The molecule has 0 radical (unpaired) electrons. The van der Waals surface area contributed by atoms with E-state index in [0.717, 1.165) is 29.3 Å². The van der Waals surface area contributed by atoms with E-state index in [9.17, 15) is 31.1 Å². The topological polar surface area (TPSA) is 53.9 Å². The second-order valence-electron chi connectivity index (χ2n) is 8.54. The summed E-state index contributed by atoms with van der Waals surface area (Å²) in [6.45, 7) is 1.75. The Hall–Kier alpha value is -3.44. The van der Waals surface area contributed by atoms with E-state index in [4.69, 9.17) is 23.2 Å². The number of carbonyl (C=O) groups excluding carboxylic acids is 1. The molecule has 3 aromatic rings. The van der Waals surface area contributed by atoms with Crippen LogP contribution in [0.2, 0.25) is 10.0 Å². The van der Waals surface area contributed by atoms with Crippen molar-refractivity contribution in [2.24, 2.45) is 5.10 Å². The number of benzene rings is 3. The molecule has 0 aromatic heterocycles. The molecule has 13 heteroatoms. The molecule has 5 nitrogen and oxygen atoms in total. The molecule has 1 N–H and O–H groups in total. The van der Waals surface area contributed by atoms with Crippen molar-refractivity contribution in [3.05, 3.63) is 93.5 Å². The molecule has 1 aliphatic heterocycles. The molecule has 200 valence electrons. The lowest BCUT2D eigenvalue weighted by molar-refractivity contribution is -0.274. The maximum absolute atomic E-state index is 13.2. The van der Waals surface area contributed by atoms with Gasteiger partial charge in [-0.2, -0.15) is 18.3 Å². The Morgan fingerprint density at radius 3 is 2.16 bits per heavy atom. The van der Waals surface area contributed by atoms with Crippen molar-refractivity contribution < 1.29 is 35.9 Å². The fourth-order valence-electron chi connectivity index (χ4n) is 4.00. The van der Waals surface area contributed by atoms with Crippen molar-refractivity contribution in [2.75, 3.05) is 11.9 Å². The van der Waals surface area contributed by atoms with Crippen LogP contribution in [-0.2, 0) is 11.6 Å². The molecule has 1 heterocycles. The van der Waals surface area contributed by atoms with Crippen molar-refractivity contribution in [2.45, 2.75) is 24.9 Å². The highest BCUT2D eigenvalue weighted by Crippen LogP contribution is 2.39. The third-order valence-electron chi connectivity index (χ3n) is 5.81. The van der Waals surface area contributed by atoms with Crippen molar-refractivity contribution in [1.82, 2.24) is 5.01 Å². The SMILES string of the molecule is CC1(c2ccc(Cl)cc2)CN(C(=O)Nc2ccc(OC(F)(F)F)cc2)N=C1c1ccc(C(F)(F)F)c(Cl)c1. The Morgan fingerprint density at radius 2 is 1.61 bits per heavy atom. The summed E-state index contributed by atoms with van der Waals surface area (Å²) >= 11 is 12.0. The molecule has 3 aromatic carbocycles. The van der Waals surface area contributed by atoms with Gasteiger partial charge in [-0.3, -0.25) is 0 Å². The van der Waals surface area contributed by atoms with Crippen molar-refractivity contribution >= 4 is 40.6 Å². The highest BCUT2D eigenvalue weighted by atomic mass is 35.5. The first-order valence-electron chi connectivity index (χ1n) is 10.8. The molecule has 1 aliphatic rings. The van der Waals surface area contributed by atoms with Crippen LogP contribution in [0, 0.1) is 0 Å². The Kier molecular flexibility index (Phi) is 7.28. The van der Waals surface area contributed by atoms with Gasteiger partial charge in [0.1, 0.15) is 5.75 Å². The highest BCUT2D eigenvalue weighted by molar-refractivity contribution is 6.32. The van der Waals surface area contributed by atoms with Gasteiger partial charge < -0.3 is 10.1 Å². The number of carbonyl (C=O) groups is 1. The minimum atomic E-state index is -4.86. The van der Waals surface area contributed by atoms with Gasteiger partial charge in [-0.15, -0.1) is 13.2 Å². The number of halogens is 8. The summed E-state index contributed by atoms with van der Waals surface area (Å²) in [7, 11) is 0. The largest absolute Gasteiger partial charge is 0.573 e. The zero-order valence-electron chi connectivity index (χ0n) is 19.3. The number of alkyl halides is 6. The maximum Gasteiger partial charge on any atom is 0.573 e. The normalized spacial score (nSPS) is 17.8. The summed E-state index contributed by atoms with van der Waals surface area (Å²) in [6, 6.07) is 13.7. The average molecular weight is 576 g/mol. The number of ether oxygens (including phenoxy) is 1. The van der Waals surface area contributed by atoms with Gasteiger partial charge >= 0.3 is 18.6 Å². The van der Waals surface area contributed by atoms with Crippen LogP contribution in [0.15, 0.2) is 71.8 Å². The molecule has 1 unspecified atom stereocenters. The maximum atomic E-state index is 13.2. The standard InChI is InChI=1S/C25H17Cl2F6N3O2/c1-23(15-3-5-16(26)6-4-15)13-36(22(37)34-17-7-9-18(10-8-17)38-25(31,32)33)35-21(23)14-2-11-19(20(27)12-14)24(28,29)30/h2-12H,13H2,1H3,(H,34,37). The monoisotopic (exact) mass is 575 g/mol. The minimum Gasteiger partial charge on any atom is -0.406 e. The predicted octanol–water partition coefficient (Wildman–Crippen LogP) is 8.12. The number of hydrogen-bond acceptors (Lipinski definition) is 3. The van der Waals surface area contributed by atoms with E-state index in [2.05, 4.69) is 15.2 Å². The van der Waals surface area contributed by atoms with Crippen LogP contribution >= 0.6 is 23.2 Å². The van der Waals surface area contributed by atoms with Crippen LogP contribution in [0.4, 0.5) is 36.8 Å². The molecule has 0 saturated heterocycles. The first kappa shape index (κ1) is 27.6. The smallest absolute Gasteiger partial charge is 0.406 e. The van der Waals surface area contributed by atoms with Gasteiger partial charge in [-0.25, -0.2) is 9.80 Å². The Balaban J connectivity index is 1.66. The average Bonchev–Trinajstić information content (AvgIpc) is 3.17. The number of urea groups is 1. The fraction of sp³-hybridized carbons (Fsp3) is 0.200. The first-order valence-corrected chi connectivity index (χ1v) is 11.6. The fourth-order valence-corrected chi connectivity index (χ4v) is 4.41. The van der Waals surface area contributed by atoms with Crippen LogP contribution in [0.5, 0.6) is 5.75 Å². The minimum absolute atomic E-state index is 0.0102. The number of rotatable bonds is 4. The Bertz CT molecular complexity index is 1380. The van der Waals surface area contributed by atoms with Crippen LogP contribution in [-0.4, -0.2) is 29.7 Å². The second kappa shape index (κ2) is 10.0. The van der Waals surface area contributed by atoms with Crippen LogP contribution < -0.4 is 10.1 Å². The number of nitrogens with zero attached hydrogens (tertiary/aromatic N) is 2. The molecule has 0 aliphatic carbocycles. The summed E-state index contributed by atoms with van der Waals surface area (Å²) in [5.74, 6) is -0.466. The van der Waals surface area contributed by atoms with Crippen molar-refractivity contribution in [3.8, 4) is 5.75 Å². The Labute approximate surface area is 222 Å². The third-order valence-corrected chi connectivity index (χ3v) is 6.38. The number of hydrazone groups is 1. The number of anilines is 1. The molecule has 0 fully saturated rings. The van der Waals surface area contributed by atoms with Gasteiger partial charge in [-0.1, -0.05) is 41.4 Å². The molecule has 0 saturated carbocycles. The van der Waals surface area contributed by atoms with E-state index in [1.165, 1.54) is 18.2 Å². The number of amides is 2. The Morgan fingerprint density at radius 1 is 0.974 bits per heavy atom. The number of hydrogen-bond donors (Lipinski definition) is 1. The van der Waals surface area contributed by atoms with Gasteiger partial charge in [-0.05, 0) is 61.0 Å². The first-order chi connectivity index (χ1) is 17.7. The van der Waals surface area contributed by atoms with Gasteiger partial charge in [0, 0.05) is 16.3 Å². The molecule has 0 spiro atoms. The van der Waals surface area contributed by atoms with Crippen LogP contribution in [0.3, 0.4) is 0 Å². The zero-order chi connectivity index (χ0) is 27.9. The lowest BCUT2D eigenvalue weighted by Gasteiger charge is -2.27. The van der Waals surface area contributed by atoms with Gasteiger partial charge in [0.2, 0.25) is 0 Å². The summed E-state index contributed by atoms with van der Waals surface area (Å²) in [5.41, 5.74) is -0.596. The quantitative estimate of drug-likeness (QED) is 0.319. The van der Waals surface area contributed by atoms with E-state index >= 15 is 0 Å². The van der Waals surface area contributed by atoms with Gasteiger partial charge in [0.15, 0.2) is 0 Å². The van der Waals surface area contributed by atoms with E-state index in [1.54, 1.807) is 31.2 Å². The molecule has 1 atom stereocenters. The lowest BCUT2D eigenvalue weighted by Crippen LogP contribution is -2.38. The van der Waals surface area contributed by atoms with Crippen LogP contribution in [0.25, 0.3) is 0 Å². The highest BCUT2D eigenvalue weighted by Gasteiger charge is 2.43. The lowest BCUT2D eigenvalue weighted by atomic mass is 9.76. The predicted molar refractivity (Wildman–Crippen MR) is 131 cm³/mol. The molecule has 38 heavy (non-hydrogen) atoms. The van der Waals surface area contributed by atoms with E-state index in [1.807, 2.05) is 0 Å². The van der Waals surface area contributed by atoms with Crippen molar-refractivity contribution in [3.63, 3.8) is 0 Å². The molecule has 2 amide bonds. The summed E-state index contributed by atoms with van der Waals surface area (Å²) in [6.07, 6.45) is -9.52. The van der Waals surface area contributed by atoms with Crippen LogP contribution in [0.1, 0.15) is 23.6 Å². The summed E-state index contributed by atoms with van der Waals surface area (Å²) in [5, 5.41) is 7.94. The van der Waals surface area contributed by atoms with Gasteiger partial charge in [0.25, 0.3) is 0 Å². The molecule has 4 rings (SSSR count).